The lowest BCUT2D eigenvalue weighted by Gasteiger charge is -2.24. The summed E-state index contributed by atoms with van der Waals surface area (Å²) in [5.74, 6) is 0. The van der Waals surface area contributed by atoms with Gasteiger partial charge in [0.2, 0.25) is 0 Å². The van der Waals surface area contributed by atoms with Gasteiger partial charge in [0.25, 0.3) is 0 Å². The highest BCUT2D eigenvalue weighted by atomic mass is 35.5. The number of rotatable bonds is 1. The molecule has 1 aromatic rings. The Hall–Kier alpha value is -0.280. The Morgan fingerprint density at radius 2 is 2.14 bits per heavy atom. The second-order valence-corrected chi connectivity index (χ2v) is 3.51. The first-order valence-electron chi connectivity index (χ1n) is 4.43. The van der Waals surface area contributed by atoms with Crippen molar-refractivity contribution in [3.8, 4) is 0 Å². The largest absolute Gasteiger partial charge is 0.378 e. The molecular weight excluding hydrogens is 221 g/mol. The molecule has 2 nitrogen and oxygen atoms in total. The minimum atomic E-state index is 0. The second-order valence-electron chi connectivity index (χ2n) is 3.10. The second kappa shape index (κ2) is 5.56. The number of hydrogen-bond donors (Lipinski definition) is 1. The van der Waals surface area contributed by atoms with Gasteiger partial charge >= 0.3 is 0 Å². The molecule has 78 valence electrons. The SMILES string of the molecule is Cl.Clc1ccccc1[C@H]1COCCN1. The fourth-order valence-electron chi connectivity index (χ4n) is 1.52. The summed E-state index contributed by atoms with van der Waals surface area (Å²) >= 11 is 6.06. The summed E-state index contributed by atoms with van der Waals surface area (Å²) in [4.78, 5) is 0. The van der Waals surface area contributed by atoms with Crippen LogP contribution in [0, 0.1) is 0 Å². The van der Waals surface area contributed by atoms with E-state index in [1.54, 1.807) is 0 Å². The lowest BCUT2D eigenvalue weighted by Crippen LogP contribution is -2.34. The molecule has 1 aliphatic rings. The molecule has 0 radical (unpaired) electrons. The Labute approximate surface area is 95.0 Å². The molecule has 2 rings (SSSR count). The van der Waals surface area contributed by atoms with Crippen LogP contribution in [0.3, 0.4) is 0 Å². The predicted molar refractivity (Wildman–Crippen MR) is 60.3 cm³/mol. The molecule has 1 saturated heterocycles. The number of halogens is 2. The van der Waals surface area contributed by atoms with Crippen molar-refractivity contribution in [2.24, 2.45) is 0 Å². The molecule has 1 aliphatic heterocycles. The van der Waals surface area contributed by atoms with Crippen LogP contribution >= 0.6 is 24.0 Å². The third-order valence-corrected chi connectivity index (χ3v) is 2.55. The fraction of sp³-hybridized carbons (Fsp3) is 0.400. The third kappa shape index (κ3) is 2.61. The maximum Gasteiger partial charge on any atom is 0.0662 e. The summed E-state index contributed by atoms with van der Waals surface area (Å²) in [7, 11) is 0. The molecule has 0 aromatic heterocycles. The Morgan fingerprint density at radius 3 is 2.79 bits per heavy atom. The van der Waals surface area contributed by atoms with Gasteiger partial charge in [0, 0.05) is 11.6 Å². The van der Waals surface area contributed by atoms with Crippen molar-refractivity contribution >= 4 is 24.0 Å². The first kappa shape index (κ1) is 11.8. The predicted octanol–water partition coefficient (Wildman–Crippen LogP) is 2.42. The highest BCUT2D eigenvalue weighted by Gasteiger charge is 2.16. The van der Waals surface area contributed by atoms with Crippen LogP contribution in [0.15, 0.2) is 24.3 Å². The average Bonchev–Trinajstić information content (AvgIpc) is 2.20. The van der Waals surface area contributed by atoms with Gasteiger partial charge in [-0.3, -0.25) is 0 Å². The molecule has 0 unspecified atom stereocenters. The molecule has 1 N–H and O–H groups in total. The van der Waals surface area contributed by atoms with Gasteiger partial charge in [0.15, 0.2) is 0 Å². The molecule has 1 fully saturated rings. The minimum absolute atomic E-state index is 0. The van der Waals surface area contributed by atoms with E-state index in [1.807, 2.05) is 24.3 Å². The van der Waals surface area contributed by atoms with E-state index >= 15 is 0 Å². The van der Waals surface area contributed by atoms with Crippen LogP contribution in [-0.2, 0) is 4.74 Å². The van der Waals surface area contributed by atoms with Gasteiger partial charge in [-0.15, -0.1) is 12.4 Å². The van der Waals surface area contributed by atoms with Gasteiger partial charge in [-0.1, -0.05) is 29.8 Å². The van der Waals surface area contributed by atoms with E-state index in [2.05, 4.69) is 5.32 Å². The van der Waals surface area contributed by atoms with E-state index in [0.29, 0.717) is 6.61 Å². The highest BCUT2D eigenvalue weighted by molar-refractivity contribution is 6.31. The molecule has 1 aromatic carbocycles. The smallest absolute Gasteiger partial charge is 0.0662 e. The molecule has 1 atom stereocenters. The standard InChI is InChI=1S/C10H12ClNO.ClH/c11-9-4-2-1-3-8(9)10-7-13-6-5-12-10;/h1-4,10,12H,5-7H2;1H/t10-;/m1./s1. The number of nitrogens with one attached hydrogen (secondary N) is 1. The maximum absolute atomic E-state index is 6.06. The minimum Gasteiger partial charge on any atom is -0.378 e. The van der Waals surface area contributed by atoms with Gasteiger partial charge in [-0.2, -0.15) is 0 Å². The summed E-state index contributed by atoms with van der Waals surface area (Å²) < 4.78 is 5.37. The summed E-state index contributed by atoms with van der Waals surface area (Å²) in [5, 5.41) is 4.18. The van der Waals surface area contributed by atoms with Crippen molar-refractivity contribution in [1.82, 2.24) is 5.32 Å². The number of ether oxygens (including phenoxy) is 1. The van der Waals surface area contributed by atoms with E-state index in [4.69, 9.17) is 16.3 Å². The summed E-state index contributed by atoms with van der Waals surface area (Å²) in [6, 6.07) is 8.14. The van der Waals surface area contributed by atoms with Crippen molar-refractivity contribution in [3.05, 3.63) is 34.9 Å². The van der Waals surface area contributed by atoms with Gasteiger partial charge < -0.3 is 10.1 Å². The van der Waals surface area contributed by atoms with E-state index in [-0.39, 0.29) is 18.4 Å². The summed E-state index contributed by atoms with van der Waals surface area (Å²) in [5.41, 5.74) is 1.13. The molecule has 1 heterocycles. The van der Waals surface area contributed by atoms with Crippen LogP contribution in [0.1, 0.15) is 11.6 Å². The van der Waals surface area contributed by atoms with Gasteiger partial charge in [0.1, 0.15) is 0 Å². The molecule has 0 aliphatic carbocycles. The maximum atomic E-state index is 6.06. The normalized spacial score (nSPS) is 21.4. The van der Waals surface area contributed by atoms with Gasteiger partial charge in [0.05, 0.1) is 19.3 Å². The van der Waals surface area contributed by atoms with Crippen LogP contribution in [0.25, 0.3) is 0 Å². The van der Waals surface area contributed by atoms with Crippen molar-refractivity contribution in [2.45, 2.75) is 6.04 Å². The zero-order valence-corrected chi connectivity index (χ0v) is 9.27. The van der Waals surface area contributed by atoms with Gasteiger partial charge in [-0.25, -0.2) is 0 Å². The molecule has 0 amide bonds. The highest BCUT2D eigenvalue weighted by Crippen LogP contribution is 2.23. The topological polar surface area (TPSA) is 21.3 Å². The Bertz CT molecular complexity index is 287. The number of benzene rings is 1. The van der Waals surface area contributed by atoms with Crippen LogP contribution in [-0.4, -0.2) is 19.8 Å². The first-order valence-corrected chi connectivity index (χ1v) is 4.81. The fourth-order valence-corrected chi connectivity index (χ4v) is 1.79. The van der Waals surface area contributed by atoms with E-state index in [9.17, 15) is 0 Å². The Kier molecular flexibility index (Phi) is 4.69. The van der Waals surface area contributed by atoms with E-state index in [0.717, 1.165) is 23.7 Å². The summed E-state index contributed by atoms with van der Waals surface area (Å²) in [6.45, 7) is 2.40. The molecule has 0 spiro atoms. The molecule has 14 heavy (non-hydrogen) atoms. The molecule has 0 saturated carbocycles. The molecule has 4 heteroatoms. The lowest BCUT2D eigenvalue weighted by atomic mass is 10.1. The van der Waals surface area contributed by atoms with E-state index < -0.39 is 0 Å². The third-order valence-electron chi connectivity index (χ3n) is 2.20. The number of hydrogen-bond acceptors (Lipinski definition) is 2. The zero-order chi connectivity index (χ0) is 9.10. The molecule has 0 bridgehead atoms. The Morgan fingerprint density at radius 1 is 1.36 bits per heavy atom. The quantitative estimate of drug-likeness (QED) is 0.805. The summed E-state index contributed by atoms with van der Waals surface area (Å²) in [6.07, 6.45) is 0. The molecular formula is C10H13Cl2NO. The first-order chi connectivity index (χ1) is 6.38. The average molecular weight is 234 g/mol. The Balaban J connectivity index is 0.000000980. The zero-order valence-electron chi connectivity index (χ0n) is 7.70. The van der Waals surface area contributed by atoms with E-state index in [1.165, 1.54) is 0 Å². The van der Waals surface area contributed by atoms with Crippen molar-refractivity contribution in [1.29, 1.82) is 0 Å². The van der Waals surface area contributed by atoms with Crippen LogP contribution < -0.4 is 5.32 Å². The van der Waals surface area contributed by atoms with Crippen LogP contribution in [0.4, 0.5) is 0 Å². The van der Waals surface area contributed by atoms with Gasteiger partial charge in [-0.05, 0) is 11.6 Å². The van der Waals surface area contributed by atoms with Crippen LogP contribution in [0.2, 0.25) is 5.02 Å². The monoisotopic (exact) mass is 233 g/mol. The van der Waals surface area contributed by atoms with Crippen molar-refractivity contribution in [3.63, 3.8) is 0 Å². The van der Waals surface area contributed by atoms with Crippen molar-refractivity contribution < 1.29 is 4.74 Å². The lowest BCUT2D eigenvalue weighted by molar-refractivity contribution is 0.0769. The van der Waals surface area contributed by atoms with Crippen LogP contribution in [0.5, 0.6) is 0 Å². The van der Waals surface area contributed by atoms with Crippen molar-refractivity contribution in [2.75, 3.05) is 19.8 Å². The number of morpholine rings is 1.